The lowest BCUT2D eigenvalue weighted by molar-refractivity contribution is -0.145. The topological polar surface area (TPSA) is 77.0 Å². The maximum absolute atomic E-state index is 12.5. The summed E-state index contributed by atoms with van der Waals surface area (Å²) in [6, 6.07) is -0.667. The van der Waals surface area contributed by atoms with Crippen molar-refractivity contribution in [3.63, 3.8) is 0 Å². The van der Waals surface area contributed by atoms with E-state index in [1.165, 1.54) is 7.11 Å². The van der Waals surface area contributed by atoms with Gasteiger partial charge in [-0.1, -0.05) is 19.9 Å². The molecule has 1 N–H and O–H groups in total. The molecule has 6 nitrogen and oxygen atoms in total. The molecule has 0 bridgehead atoms. The fourth-order valence-corrected chi connectivity index (χ4v) is 2.45. The first kappa shape index (κ1) is 17.0. The Kier molecular flexibility index (Phi) is 5.36. The van der Waals surface area contributed by atoms with Crippen molar-refractivity contribution in [2.45, 2.75) is 39.3 Å². The molecule has 2 aliphatic rings. The Bertz CT molecular complexity index is 614. The summed E-state index contributed by atoms with van der Waals surface area (Å²) in [5.74, 6) is 0.0411. The van der Waals surface area contributed by atoms with Gasteiger partial charge in [-0.2, -0.15) is 0 Å². The number of nitrogens with one attached hydrogen (secondary N) is 1. The third-order valence-electron chi connectivity index (χ3n) is 3.50. The van der Waals surface area contributed by atoms with E-state index in [-0.39, 0.29) is 17.9 Å². The SMILES string of the molecule is COC(=O)C(CC(C)C)NC(=O)C1=CC=CC2OC(C)=NC2=C1. The number of nitrogens with zero attached hydrogens (tertiary/aromatic N) is 1. The summed E-state index contributed by atoms with van der Waals surface area (Å²) in [5, 5.41) is 2.74. The van der Waals surface area contributed by atoms with Crippen LogP contribution in [0.25, 0.3) is 0 Å². The van der Waals surface area contributed by atoms with Gasteiger partial charge in [0.2, 0.25) is 0 Å². The number of carbonyl (C=O) groups is 2. The van der Waals surface area contributed by atoms with Crippen LogP contribution in [0.15, 0.2) is 40.6 Å². The van der Waals surface area contributed by atoms with Gasteiger partial charge in [0.1, 0.15) is 6.04 Å². The van der Waals surface area contributed by atoms with Gasteiger partial charge in [0, 0.05) is 12.5 Å². The quantitative estimate of drug-likeness (QED) is 0.785. The van der Waals surface area contributed by atoms with Gasteiger partial charge in [-0.15, -0.1) is 0 Å². The Hall–Kier alpha value is -2.37. The van der Waals surface area contributed by atoms with Gasteiger partial charge in [-0.3, -0.25) is 4.79 Å². The number of fused-ring (bicyclic) bond motifs is 1. The third kappa shape index (κ3) is 4.31. The van der Waals surface area contributed by atoms with Crippen LogP contribution in [0, 0.1) is 5.92 Å². The van der Waals surface area contributed by atoms with E-state index in [0.717, 1.165) is 0 Å². The summed E-state index contributed by atoms with van der Waals surface area (Å²) >= 11 is 0. The Labute approximate surface area is 135 Å². The summed E-state index contributed by atoms with van der Waals surface area (Å²) in [4.78, 5) is 28.6. The molecule has 0 aromatic heterocycles. The van der Waals surface area contributed by atoms with Crippen LogP contribution in [0.1, 0.15) is 27.2 Å². The lowest BCUT2D eigenvalue weighted by atomic mass is 10.0. The summed E-state index contributed by atoms with van der Waals surface area (Å²) in [6.45, 7) is 5.73. The highest BCUT2D eigenvalue weighted by Gasteiger charge is 2.26. The first-order chi connectivity index (χ1) is 10.9. The minimum atomic E-state index is -0.667. The number of hydrogen-bond donors (Lipinski definition) is 1. The van der Waals surface area contributed by atoms with E-state index < -0.39 is 12.0 Å². The molecule has 0 fully saturated rings. The van der Waals surface area contributed by atoms with E-state index in [0.29, 0.717) is 23.6 Å². The number of hydrogen-bond acceptors (Lipinski definition) is 5. The predicted octanol–water partition coefficient (Wildman–Crippen LogP) is 1.89. The number of aliphatic imine (C=N–C) groups is 1. The molecule has 0 saturated heterocycles. The molecule has 2 atom stereocenters. The fourth-order valence-electron chi connectivity index (χ4n) is 2.45. The van der Waals surface area contributed by atoms with E-state index in [4.69, 9.17) is 9.47 Å². The molecule has 1 heterocycles. The van der Waals surface area contributed by atoms with Crippen molar-refractivity contribution in [3.05, 3.63) is 35.6 Å². The van der Waals surface area contributed by atoms with Crippen LogP contribution in [-0.2, 0) is 19.1 Å². The second-order valence-electron chi connectivity index (χ2n) is 5.92. The molecule has 0 spiro atoms. The van der Waals surface area contributed by atoms with Crippen molar-refractivity contribution in [1.82, 2.24) is 5.32 Å². The van der Waals surface area contributed by atoms with Crippen LogP contribution < -0.4 is 5.32 Å². The molecule has 1 amide bonds. The highest BCUT2D eigenvalue weighted by Crippen LogP contribution is 2.23. The molecular weight excluding hydrogens is 296 g/mol. The fraction of sp³-hybridized carbons (Fsp3) is 0.471. The van der Waals surface area contributed by atoms with E-state index in [1.54, 1.807) is 25.2 Å². The average molecular weight is 318 g/mol. The number of ether oxygens (including phenoxy) is 2. The summed E-state index contributed by atoms with van der Waals surface area (Å²) in [5.41, 5.74) is 1.11. The molecule has 1 aliphatic heterocycles. The van der Waals surface area contributed by atoms with Crippen LogP contribution in [-0.4, -0.2) is 37.0 Å². The number of methoxy groups -OCH3 is 1. The van der Waals surface area contributed by atoms with E-state index in [1.807, 2.05) is 19.9 Å². The Morgan fingerprint density at radius 3 is 2.83 bits per heavy atom. The predicted molar refractivity (Wildman–Crippen MR) is 86.7 cm³/mol. The van der Waals surface area contributed by atoms with Crippen LogP contribution in [0.3, 0.4) is 0 Å². The molecule has 6 heteroatoms. The maximum Gasteiger partial charge on any atom is 0.328 e. The van der Waals surface area contributed by atoms with Crippen LogP contribution >= 0.6 is 0 Å². The van der Waals surface area contributed by atoms with E-state index in [2.05, 4.69) is 10.3 Å². The van der Waals surface area contributed by atoms with E-state index >= 15 is 0 Å². The molecule has 124 valence electrons. The molecule has 0 saturated carbocycles. The zero-order valence-corrected chi connectivity index (χ0v) is 13.8. The molecule has 1 aliphatic carbocycles. The van der Waals surface area contributed by atoms with Gasteiger partial charge >= 0.3 is 5.97 Å². The normalized spacial score (nSPS) is 20.6. The molecule has 2 unspecified atom stereocenters. The van der Waals surface area contributed by atoms with Crippen molar-refractivity contribution in [1.29, 1.82) is 0 Å². The van der Waals surface area contributed by atoms with Gasteiger partial charge in [0.15, 0.2) is 12.0 Å². The van der Waals surface area contributed by atoms with Crippen LogP contribution in [0.2, 0.25) is 0 Å². The summed E-state index contributed by atoms with van der Waals surface area (Å²) < 4.78 is 10.3. The second-order valence-corrected chi connectivity index (χ2v) is 5.92. The van der Waals surface area contributed by atoms with Gasteiger partial charge < -0.3 is 14.8 Å². The number of amides is 1. The molecule has 2 rings (SSSR count). The standard InChI is InChI=1S/C17H22N2O4/c1-10(2)8-14(17(21)22-4)19-16(20)12-6-5-7-15-13(9-12)18-11(3)23-15/h5-7,9-10,14-15H,8H2,1-4H3,(H,19,20). The Morgan fingerprint density at radius 2 is 2.17 bits per heavy atom. The zero-order valence-electron chi connectivity index (χ0n) is 13.8. The van der Waals surface area contributed by atoms with Crippen LogP contribution in [0.5, 0.6) is 0 Å². The lowest BCUT2D eigenvalue weighted by Crippen LogP contribution is -2.42. The maximum atomic E-state index is 12.5. The first-order valence-electron chi connectivity index (χ1n) is 7.61. The van der Waals surface area contributed by atoms with Crippen molar-refractivity contribution in [2.24, 2.45) is 10.9 Å². The zero-order chi connectivity index (χ0) is 17.0. The molecule has 23 heavy (non-hydrogen) atoms. The summed E-state index contributed by atoms with van der Waals surface area (Å²) in [6.07, 6.45) is 7.20. The Morgan fingerprint density at radius 1 is 1.43 bits per heavy atom. The van der Waals surface area contributed by atoms with E-state index in [9.17, 15) is 9.59 Å². The molecule has 0 aromatic carbocycles. The monoisotopic (exact) mass is 318 g/mol. The minimum absolute atomic E-state index is 0.251. The van der Waals surface area contributed by atoms with Crippen molar-refractivity contribution in [2.75, 3.05) is 7.11 Å². The number of allylic oxidation sites excluding steroid dienone is 2. The second kappa shape index (κ2) is 7.26. The highest BCUT2D eigenvalue weighted by atomic mass is 16.5. The van der Waals surface area contributed by atoms with Crippen LogP contribution in [0.4, 0.5) is 0 Å². The van der Waals surface area contributed by atoms with Gasteiger partial charge in [-0.05, 0) is 30.6 Å². The number of carbonyl (C=O) groups excluding carboxylic acids is 2. The first-order valence-corrected chi connectivity index (χ1v) is 7.61. The van der Waals surface area contributed by atoms with Crippen molar-refractivity contribution >= 4 is 17.8 Å². The molecular formula is C17H22N2O4. The highest BCUT2D eigenvalue weighted by molar-refractivity contribution is 5.99. The van der Waals surface area contributed by atoms with Gasteiger partial charge in [0.05, 0.1) is 12.8 Å². The lowest BCUT2D eigenvalue weighted by Gasteiger charge is -2.18. The number of esters is 1. The van der Waals surface area contributed by atoms with Gasteiger partial charge in [0.25, 0.3) is 5.91 Å². The summed E-state index contributed by atoms with van der Waals surface area (Å²) in [7, 11) is 1.31. The largest absolute Gasteiger partial charge is 0.467 e. The van der Waals surface area contributed by atoms with Gasteiger partial charge in [-0.25, -0.2) is 9.79 Å². The molecule has 0 aromatic rings. The minimum Gasteiger partial charge on any atom is -0.467 e. The molecule has 0 radical (unpaired) electrons. The number of rotatable bonds is 5. The Balaban J connectivity index is 2.14. The average Bonchev–Trinajstić information content (AvgIpc) is 2.71. The van der Waals surface area contributed by atoms with Crippen molar-refractivity contribution in [3.8, 4) is 0 Å². The smallest absolute Gasteiger partial charge is 0.328 e. The third-order valence-corrected chi connectivity index (χ3v) is 3.50. The van der Waals surface area contributed by atoms with Crippen molar-refractivity contribution < 1.29 is 19.1 Å².